The number of rotatable bonds is 27. The number of carbonyl (C=O) groups is 2. The Balaban J connectivity index is 4.00. The third kappa shape index (κ3) is 21.4. The zero-order valence-corrected chi connectivity index (χ0v) is 22.4. The van der Waals surface area contributed by atoms with Crippen LogP contribution in [0, 0.1) is 5.92 Å². The lowest BCUT2D eigenvalue weighted by Crippen LogP contribution is -2.31. The lowest BCUT2D eigenvalue weighted by molar-refractivity contribution is -0.150. The lowest BCUT2D eigenvalue weighted by Gasteiger charge is -2.20. The summed E-state index contributed by atoms with van der Waals surface area (Å²) in [7, 11) is 0. The Kier molecular flexibility index (Phi) is 25.5. The first kappa shape index (κ1) is 32.8. The van der Waals surface area contributed by atoms with Gasteiger partial charge in [-0.15, -0.1) is 0 Å². The summed E-state index contributed by atoms with van der Waals surface area (Å²) in [5.74, 6) is -0.00454. The maximum atomic E-state index is 12.6. The Morgan fingerprint density at radius 3 is 1.79 bits per heavy atom. The van der Waals surface area contributed by atoms with Crippen molar-refractivity contribution < 1.29 is 28.5 Å². The van der Waals surface area contributed by atoms with E-state index in [1.54, 1.807) is 0 Å². The van der Waals surface area contributed by atoms with Crippen LogP contribution in [0.15, 0.2) is 0 Å². The van der Waals surface area contributed by atoms with Crippen molar-refractivity contribution in [1.82, 2.24) is 4.90 Å². The predicted molar refractivity (Wildman–Crippen MR) is 137 cm³/mol. The van der Waals surface area contributed by atoms with Crippen molar-refractivity contribution >= 4 is 12.4 Å². The molecule has 1 atom stereocenters. The highest BCUT2D eigenvalue weighted by molar-refractivity contribution is 5.72. The maximum absolute atomic E-state index is 12.6. The average Bonchev–Trinajstić information content (AvgIpc) is 2.85. The van der Waals surface area contributed by atoms with Crippen LogP contribution in [-0.2, 0) is 28.5 Å². The Hall–Kier alpha value is -1.18. The molecule has 0 rings (SSSR count). The number of ether oxygens (including phenoxy) is 4. The van der Waals surface area contributed by atoms with Gasteiger partial charge in [0.1, 0.15) is 13.2 Å². The van der Waals surface area contributed by atoms with Crippen LogP contribution in [0.5, 0.6) is 0 Å². The number of hydrogen-bond donors (Lipinski definition) is 0. The first-order valence-electron chi connectivity index (χ1n) is 13.8. The SMILES string of the molecule is CCCCCCCCC(CCCCCC)C(=O)OCCOCCN(CC)CCOCCOC=O. The average molecular weight is 488 g/mol. The molecule has 0 amide bonds. The number of esters is 1. The lowest BCUT2D eigenvalue weighted by atomic mass is 9.94. The number of nitrogens with zero attached hydrogens (tertiary/aromatic N) is 1. The van der Waals surface area contributed by atoms with Gasteiger partial charge in [-0.05, 0) is 19.4 Å². The van der Waals surface area contributed by atoms with Gasteiger partial charge in [0.05, 0.1) is 32.3 Å². The van der Waals surface area contributed by atoms with E-state index in [0.717, 1.165) is 45.3 Å². The molecule has 0 aromatic rings. The second kappa shape index (κ2) is 26.4. The van der Waals surface area contributed by atoms with Gasteiger partial charge in [-0.3, -0.25) is 14.5 Å². The van der Waals surface area contributed by atoms with E-state index in [2.05, 4.69) is 30.4 Å². The summed E-state index contributed by atoms with van der Waals surface area (Å²) in [6.07, 6.45) is 14.1. The van der Waals surface area contributed by atoms with Crippen molar-refractivity contribution in [3.8, 4) is 0 Å². The van der Waals surface area contributed by atoms with Gasteiger partial charge in [0.2, 0.25) is 0 Å². The summed E-state index contributed by atoms with van der Waals surface area (Å²) in [6, 6.07) is 0. The minimum atomic E-state index is -0.0421. The highest BCUT2D eigenvalue weighted by Crippen LogP contribution is 2.20. The molecular formula is C27H53NO6. The minimum Gasteiger partial charge on any atom is -0.465 e. The number of likely N-dealkylation sites (N-methyl/N-ethyl adjacent to an activating group) is 1. The molecule has 202 valence electrons. The van der Waals surface area contributed by atoms with E-state index in [1.807, 2.05) is 0 Å². The summed E-state index contributed by atoms with van der Waals surface area (Å²) in [5.41, 5.74) is 0. The largest absolute Gasteiger partial charge is 0.465 e. The fourth-order valence-electron chi connectivity index (χ4n) is 3.86. The van der Waals surface area contributed by atoms with E-state index in [0.29, 0.717) is 39.5 Å². The van der Waals surface area contributed by atoms with Crippen LogP contribution in [0.4, 0.5) is 0 Å². The molecule has 0 aliphatic heterocycles. The van der Waals surface area contributed by atoms with E-state index in [1.165, 1.54) is 51.4 Å². The fraction of sp³-hybridized carbons (Fsp3) is 0.926. The smallest absolute Gasteiger partial charge is 0.309 e. The van der Waals surface area contributed by atoms with Gasteiger partial charge in [-0.2, -0.15) is 0 Å². The topological polar surface area (TPSA) is 74.3 Å². The summed E-state index contributed by atoms with van der Waals surface area (Å²) in [6.45, 7) is 12.1. The molecule has 0 aromatic carbocycles. The predicted octanol–water partition coefficient (Wildman–Crippen LogP) is 5.39. The summed E-state index contributed by atoms with van der Waals surface area (Å²) >= 11 is 0. The maximum Gasteiger partial charge on any atom is 0.309 e. The van der Waals surface area contributed by atoms with E-state index in [4.69, 9.17) is 14.2 Å². The van der Waals surface area contributed by atoms with Crippen LogP contribution >= 0.6 is 0 Å². The number of carbonyl (C=O) groups excluding carboxylic acids is 2. The molecule has 0 aliphatic carbocycles. The molecule has 0 spiro atoms. The molecule has 0 saturated heterocycles. The zero-order chi connectivity index (χ0) is 25.1. The van der Waals surface area contributed by atoms with Crippen molar-refractivity contribution in [3.05, 3.63) is 0 Å². The molecule has 7 nitrogen and oxygen atoms in total. The second-order valence-electron chi connectivity index (χ2n) is 8.90. The van der Waals surface area contributed by atoms with E-state index in [-0.39, 0.29) is 18.5 Å². The monoisotopic (exact) mass is 487 g/mol. The van der Waals surface area contributed by atoms with Gasteiger partial charge < -0.3 is 18.9 Å². The van der Waals surface area contributed by atoms with Crippen molar-refractivity contribution in [2.24, 2.45) is 5.92 Å². The summed E-state index contributed by atoms with van der Waals surface area (Å²) < 4.78 is 21.3. The summed E-state index contributed by atoms with van der Waals surface area (Å²) in [4.78, 5) is 25.0. The molecule has 0 fully saturated rings. The Labute approximate surface area is 209 Å². The molecule has 0 aliphatic rings. The molecule has 7 heteroatoms. The van der Waals surface area contributed by atoms with Crippen LogP contribution in [0.3, 0.4) is 0 Å². The summed E-state index contributed by atoms with van der Waals surface area (Å²) in [5, 5.41) is 0. The Morgan fingerprint density at radius 2 is 1.24 bits per heavy atom. The molecular weight excluding hydrogens is 434 g/mol. The Bertz CT molecular complexity index is 449. The highest BCUT2D eigenvalue weighted by Gasteiger charge is 2.19. The van der Waals surface area contributed by atoms with Crippen molar-refractivity contribution in [2.75, 3.05) is 59.3 Å². The highest BCUT2D eigenvalue weighted by atomic mass is 16.6. The normalized spacial score (nSPS) is 12.1. The standard InChI is InChI=1S/C27H53NO6/c1-4-7-9-11-12-14-16-26(15-13-10-8-5-2)27(30)34-24-23-32-20-18-28(6-3)17-19-31-21-22-33-25-29/h25-26H,4-24H2,1-3H3. The molecule has 0 saturated carbocycles. The molecule has 1 unspecified atom stereocenters. The second-order valence-corrected chi connectivity index (χ2v) is 8.90. The quantitative estimate of drug-likeness (QED) is 0.0873. The van der Waals surface area contributed by atoms with Crippen LogP contribution < -0.4 is 0 Å². The molecule has 0 N–H and O–H groups in total. The van der Waals surface area contributed by atoms with Crippen molar-refractivity contribution in [2.45, 2.75) is 97.8 Å². The van der Waals surface area contributed by atoms with Gasteiger partial charge >= 0.3 is 5.97 Å². The van der Waals surface area contributed by atoms with Crippen LogP contribution in [-0.4, -0.2) is 76.6 Å². The van der Waals surface area contributed by atoms with E-state index < -0.39 is 0 Å². The molecule has 0 bridgehead atoms. The van der Waals surface area contributed by atoms with Crippen molar-refractivity contribution in [1.29, 1.82) is 0 Å². The first-order chi connectivity index (χ1) is 16.7. The third-order valence-electron chi connectivity index (χ3n) is 6.08. The molecule has 34 heavy (non-hydrogen) atoms. The zero-order valence-electron chi connectivity index (χ0n) is 22.4. The van der Waals surface area contributed by atoms with Gasteiger partial charge in [0, 0.05) is 13.1 Å². The van der Waals surface area contributed by atoms with Crippen LogP contribution in [0.2, 0.25) is 0 Å². The van der Waals surface area contributed by atoms with Gasteiger partial charge in [-0.25, -0.2) is 0 Å². The molecule has 0 heterocycles. The minimum absolute atomic E-state index is 0.0375. The third-order valence-corrected chi connectivity index (χ3v) is 6.08. The van der Waals surface area contributed by atoms with Gasteiger partial charge in [0.25, 0.3) is 6.47 Å². The van der Waals surface area contributed by atoms with Gasteiger partial charge in [0.15, 0.2) is 0 Å². The molecule has 0 aromatic heterocycles. The van der Waals surface area contributed by atoms with E-state index >= 15 is 0 Å². The van der Waals surface area contributed by atoms with Crippen LogP contribution in [0.1, 0.15) is 97.8 Å². The Morgan fingerprint density at radius 1 is 0.706 bits per heavy atom. The van der Waals surface area contributed by atoms with E-state index in [9.17, 15) is 9.59 Å². The molecule has 0 radical (unpaired) electrons. The fourth-order valence-corrected chi connectivity index (χ4v) is 3.86. The number of hydrogen-bond acceptors (Lipinski definition) is 7. The number of unbranched alkanes of at least 4 members (excludes halogenated alkanes) is 8. The van der Waals surface area contributed by atoms with Gasteiger partial charge in [-0.1, -0.05) is 85.0 Å². The van der Waals surface area contributed by atoms with Crippen molar-refractivity contribution in [3.63, 3.8) is 0 Å². The first-order valence-corrected chi connectivity index (χ1v) is 13.8. The van der Waals surface area contributed by atoms with Crippen LogP contribution in [0.25, 0.3) is 0 Å².